The van der Waals surface area contributed by atoms with Crippen LogP contribution in [0.1, 0.15) is 16.8 Å². The number of alkyl halides is 2. The van der Waals surface area contributed by atoms with E-state index in [1.807, 2.05) is 0 Å². The summed E-state index contributed by atoms with van der Waals surface area (Å²) < 4.78 is -0.947. The number of anilines is 2. The van der Waals surface area contributed by atoms with Crippen molar-refractivity contribution in [3.8, 4) is 0 Å². The fourth-order valence-corrected chi connectivity index (χ4v) is 2.92. The van der Waals surface area contributed by atoms with Gasteiger partial charge in [0, 0.05) is 22.8 Å². The largest absolute Gasteiger partial charge is 0.326 e. The van der Waals surface area contributed by atoms with Crippen molar-refractivity contribution in [2.45, 2.75) is 10.8 Å². The molecule has 1 aliphatic rings. The van der Waals surface area contributed by atoms with Crippen molar-refractivity contribution in [2.75, 3.05) is 10.6 Å². The van der Waals surface area contributed by atoms with Crippen molar-refractivity contribution in [1.29, 1.82) is 0 Å². The SMILES string of the molecule is O=C(Nc1nccs1)c1ccc(NC(=O)C2CC2(Cl)Cl)cc1. The molecule has 8 heteroatoms. The highest BCUT2D eigenvalue weighted by atomic mass is 35.5. The molecule has 1 aromatic heterocycles. The average Bonchev–Trinajstić information content (AvgIpc) is 2.86. The predicted octanol–water partition coefficient (Wildman–Crippen LogP) is 3.53. The van der Waals surface area contributed by atoms with Gasteiger partial charge in [0.25, 0.3) is 5.91 Å². The Kier molecular flexibility index (Phi) is 4.08. The van der Waals surface area contributed by atoms with E-state index >= 15 is 0 Å². The van der Waals surface area contributed by atoms with Crippen molar-refractivity contribution < 1.29 is 9.59 Å². The van der Waals surface area contributed by atoms with Gasteiger partial charge in [-0.2, -0.15) is 0 Å². The van der Waals surface area contributed by atoms with Crippen LogP contribution in [-0.2, 0) is 4.79 Å². The molecule has 1 atom stereocenters. The Bertz CT molecular complexity index is 701. The Morgan fingerprint density at radius 3 is 2.45 bits per heavy atom. The van der Waals surface area contributed by atoms with Crippen LogP contribution >= 0.6 is 34.5 Å². The number of halogens is 2. The number of nitrogens with one attached hydrogen (secondary N) is 2. The van der Waals surface area contributed by atoms with Crippen molar-refractivity contribution in [3.05, 3.63) is 41.4 Å². The zero-order valence-electron chi connectivity index (χ0n) is 11.2. The Morgan fingerprint density at radius 2 is 1.91 bits per heavy atom. The highest BCUT2D eigenvalue weighted by molar-refractivity contribution is 7.13. The molecule has 22 heavy (non-hydrogen) atoms. The maximum Gasteiger partial charge on any atom is 0.257 e. The lowest BCUT2D eigenvalue weighted by molar-refractivity contribution is -0.117. The maximum atomic E-state index is 12.0. The molecule has 2 amide bonds. The van der Waals surface area contributed by atoms with Crippen LogP contribution in [0.25, 0.3) is 0 Å². The summed E-state index contributed by atoms with van der Waals surface area (Å²) in [4.78, 5) is 27.8. The minimum absolute atomic E-state index is 0.218. The summed E-state index contributed by atoms with van der Waals surface area (Å²) in [5.74, 6) is -0.857. The molecule has 0 spiro atoms. The number of carbonyl (C=O) groups is 2. The van der Waals surface area contributed by atoms with Gasteiger partial charge in [-0.3, -0.25) is 14.9 Å². The second-order valence-electron chi connectivity index (χ2n) is 4.88. The molecule has 1 fully saturated rings. The van der Waals surface area contributed by atoms with Crippen LogP contribution in [0.4, 0.5) is 10.8 Å². The fraction of sp³-hybridized carbons (Fsp3) is 0.214. The molecule has 1 unspecified atom stereocenters. The standard InChI is InChI=1S/C14H11Cl2N3O2S/c15-14(16)7-10(14)12(21)18-9-3-1-8(2-4-9)11(20)19-13-17-5-6-22-13/h1-6,10H,7H2,(H,18,21)(H,17,19,20). The van der Waals surface area contributed by atoms with Crippen LogP contribution in [0.5, 0.6) is 0 Å². The van der Waals surface area contributed by atoms with Gasteiger partial charge in [0.1, 0.15) is 4.33 Å². The van der Waals surface area contributed by atoms with E-state index in [4.69, 9.17) is 23.2 Å². The highest BCUT2D eigenvalue weighted by Crippen LogP contribution is 2.53. The van der Waals surface area contributed by atoms with Crippen LogP contribution in [0.2, 0.25) is 0 Å². The van der Waals surface area contributed by atoms with Crippen LogP contribution in [0.3, 0.4) is 0 Å². The van der Waals surface area contributed by atoms with Crippen LogP contribution < -0.4 is 10.6 Å². The van der Waals surface area contributed by atoms with Gasteiger partial charge in [-0.05, 0) is 30.7 Å². The smallest absolute Gasteiger partial charge is 0.257 e. The van der Waals surface area contributed by atoms with Gasteiger partial charge in [-0.1, -0.05) is 0 Å². The third kappa shape index (κ3) is 3.40. The van der Waals surface area contributed by atoms with E-state index < -0.39 is 4.33 Å². The molecule has 1 aliphatic carbocycles. The quantitative estimate of drug-likeness (QED) is 0.824. The molecule has 2 aromatic rings. The van der Waals surface area contributed by atoms with Gasteiger partial charge < -0.3 is 5.32 Å². The molecule has 1 heterocycles. The molecule has 0 radical (unpaired) electrons. The maximum absolute atomic E-state index is 12.0. The third-order valence-corrected chi connectivity index (χ3v) is 4.73. The molecule has 0 aliphatic heterocycles. The van der Waals surface area contributed by atoms with Crippen molar-refractivity contribution in [3.63, 3.8) is 0 Å². The summed E-state index contributed by atoms with van der Waals surface area (Å²) in [6.45, 7) is 0. The van der Waals surface area contributed by atoms with Gasteiger partial charge in [-0.15, -0.1) is 34.5 Å². The fourth-order valence-electron chi connectivity index (χ4n) is 1.89. The first-order valence-corrected chi connectivity index (χ1v) is 8.09. The molecular weight excluding hydrogens is 345 g/mol. The summed E-state index contributed by atoms with van der Waals surface area (Å²) in [5.41, 5.74) is 1.07. The molecule has 0 saturated heterocycles. The van der Waals surface area contributed by atoms with Crippen molar-refractivity contribution in [2.24, 2.45) is 5.92 Å². The number of aromatic nitrogens is 1. The van der Waals surface area contributed by atoms with E-state index in [-0.39, 0.29) is 17.7 Å². The topological polar surface area (TPSA) is 71.1 Å². The Labute approximate surface area is 140 Å². The summed E-state index contributed by atoms with van der Waals surface area (Å²) in [7, 11) is 0. The van der Waals surface area contributed by atoms with E-state index in [0.717, 1.165) is 0 Å². The number of thiazole rings is 1. The molecule has 114 valence electrons. The molecule has 1 saturated carbocycles. The summed E-state index contributed by atoms with van der Waals surface area (Å²) in [5, 5.41) is 7.72. The Hall–Kier alpha value is -1.63. The van der Waals surface area contributed by atoms with Gasteiger partial charge in [-0.25, -0.2) is 4.98 Å². The van der Waals surface area contributed by atoms with Gasteiger partial charge >= 0.3 is 0 Å². The normalized spacial score (nSPS) is 18.5. The van der Waals surface area contributed by atoms with Crippen molar-refractivity contribution in [1.82, 2.24) is 4.98 Å². The number of amides is 2. The summed E-state index contributed by atoms with van der Waals surface area (Å²) in [6.07, 6.45) is 2.07. The van der Waals surface area contributed by atoms with E-state index in [9.17, 15) is 9.59 Å². The third-order valence-electron chi connectivity index (χ3n) is 3.21. The van der Waals surface area contributed by atoms with E-state index in [1.54, 1.807) is 35.8 Å². The van der Waals surface area contributed by atoms with E-state index in [0.29, 0.717) is 22.8 Å². The molecule has 3 rings (SSSR count). The zero-order valence-corrected chi connectivity index (χ0v) is 13.5. The number of carbonyl (C=O) groups excluding carboxylic acids is 2. The molecular formula is C14H11Cl2N3O2S. The highest BCUT2D eigenvalue weighted by Gasteiger charge is 2.56. The lowest BCUT2D eigenvalue weighted by atomic mass is 10.2. The van der Waals surface area contributed by atoms with E-state index in [2.05, 4.69) is 15.6 Å². The minimum atomic E-state index is -0.947. The zero-order chi connectivity index (χ0) is 15.7. The number of rotatable bonds is 4. The first-order valence-electron chi connectivity index (χ1n) is 6.45. The monoisotopic (exact) mass is 355 g/mol. The molecule has 0 bridgehead atoms. The van der Waals surface area contributed by atoms with Gasteiger partial charge in [0.2, 0.25) is 5.91 Å². The number of hydrogen-bond acceptors (Lipinski definition) is 4. The van der Waals surface area contributed by atoms with E-state index in [1.165, 1.54) is 11.3 Å². The second-order valence-corrected chi connectivity index (χ2v) is 7.31. The van der Waals surface area contributed by atoms with Gasteiger partial charge in [0.05, 0.1) is 5.92 Å². The lowest BCUT2D eigenvalue weighted by Gasteiger charge is -2.06. The number of nitrogens with zero attached hydrogens (tertiary/aromatic N) is 1. The summed E-state index contributed by atoms with van der Waals surface area (Å²) in [6, 6.07) is 6.56. The Morgan fingerprint density at radius 1 is 1.23 bits per heavy atom. The van der Waals surface area contributed by atoms with Crippen LogP contribution in [0.15, 0.2) is 35.8 Å². The molecule has 1 aromatic carbocycles. The average molecular weight is 356 g/mol. The number of hydrogen-bond donors (Lipinski definition) is 2. The van der Waals surface area contributed by atoms with Gasteiger partial charge in [0.15, 0.2) is 5.13 Å². The first-order chi connectivity index (χ1) is 10.5. The molecule has 2 N–H and O–H groups in total. The second kappa shape index (κ2) is 5.87. The number of benzene rings is 1. The lowest BCUT2D eigenvalue weighted by Crippen LogP contribution is -2.17. The van der Waals surface area contributed by atoms with Crippen LogP contribution in [-0.4, -0.2) is 21.1 Å². The van der Waals surface area contributed by atoms with Crippen molar-refractivity contribution >= 4 is 57.2 Å². The molecule has 5 nitrogen and oxygen atoms in total. The minimum Gasteiger partial charge on any atom is -0.326 e. The summed E-state index contributed by atoms with van der Waals surface area (Å²) >= 11 is 13.0. The Balaban J connectivity index is 1.60. The predicted molar refractivity (Wildman–Crippen MR) is 87.7 cm³/mol. The van der Waals surface area contributed by atoms with Crippen LogP contribution in [0, 0.1) is 5.92 Å². The first kappa shape index (κ1) is 15.3.